The number of carbonyl (C=O) groups is 2. The lowest BCUT2D eigenvalue weighted by Crippen LogP contribution is -2.49. The first-order chi connectivity index (χ1) is 12.8. The van der Waals surface area contributed by atoms with Crippen molar-refractivity contribution in [1.29, 1.82) is 0 Å². The molecular weight excluding hydrogens is 368 g/mol. The van der Waals surface area contributed by atoms with Crippen molar-refractivity contribution >= 4 is 23.4 Å². The van der Waals surface area contributed by atoms with Crippen LogP contribution in [0.3, 0.4) is 0 Å². The minimum atomic E-state index is -1.04. The smallest absolute Gasteiger partial charge is 0.255 e. The summed E-state index contributed by atoms with van der Waals surface area (Å²) < 4.78 is 11.5. The zero-order valence-corrected chi connectivity index (χ0v) is 16.2. The van der Waals surface area contributed by atoms with E-state index in [1.807, 2.05) is 18.2 Å². The number of ether oxygens (including phenoxy) is 2. The maximum atomic E-state index is 13.3. The van der Waals surface area contributed by atoms with E-state index in [0.717, 1.165) is 18.4 Å². The van der Waals surface area contributed by atoms with Gasteiger partial charge < -0.3 is 19.7 Å². The van der Waals surface area contributed by atoms with Crippen LogP contribution in [0, 0.1) is 12.3 Å². The first-order valence-corrected chi connectivity index (χ1v) is 9.33. The van der Waals surface area contributed by atoms with Crippen molar-refractivity contribution < 1.29 is 19.1 Å². The van der Waals surface area contributed by atoms with Crippen LogP contribution in [-0.4, -0.2) is 47.8 Å². The average Bonchev–Trinajstić information content (AvgIpc) is 3.23. The van der Waals surface area contributed by atoms with Crippen LogP contribution in [0.4, 0.5) is 0 Å². The Bertz CT molecular complexity index is 773. The molecule has 7 heteroatoms. The molecule has 0 spiro atoms. The molecule has 27 heavy (non-hydrogen) atoms. The van der Waals surface area contributed by atoms with E-state index in [0.29, 0.717) is 11.6 Å². The quantitative estimate of drug-likeness (QED) is 0.801. The highest BCUT2D eigenvalue weighted by atomic mass is 35.5. The highest BCUT2D eigenvalue weighted by molar-refractivity contribution is 6.30. The summed E-state index contributed by atoms with van der Waals surface area (Å²) in [5.41, 5.74) is 0.972. The van der Waals surface area contributed by atoms with E-state index in [9.17, 15) is 9.59 Å². The largest absolute Gasteiger partial charge is 0.343 e. The van der Waals surface area contributed by atoms with E-state index >= 15 is 0 Å². The van der Waals surface area contributed by atoms with Crippen molar-refractivity contribution in [3.05, 3.63) is 34.9 Å². The third-order valence-corrected chi connectivity index (χ3v) is 4.97. The van der Waals surface area contributed by atoms with Crippen molar-refractivity contribution in [2.24, 2.45) is 0 Å². The average molecular weight is 391 g/mol. The molecule has 2 amide bonds. The van der Waals surface area contributed by atoms with Crippen LogP contribution in [-0.2, 0) is 19.1 Å². The number of nitrogens with zero attached hydrogens (tertiary/aromatic N) is 1. The molecule has 2 aliphatic heterocycles. The van der Waals surface area contributed by atoms with Gasteiger partial charge >= 0.3 is 0 Å². The summed E-state index contributed by atoms with van der Waals surface area (Å²) in [6, 6.07) is 7.39. The van der Waals surface area contributed by atoms with Gasteiger partial charge in [-0.15, -0.1) is 6.42 Å². The van der Waals surface area contributed by atoms with Crippen molar-refractivity contribution in [2.45, 2.75) is 50.7 Å². The van der Waals surface area contributed by atoms with E-state index in [1.54, 1.807) is 24.8 Å². The van der Waals surface area contributed by atoms with Crippen molar-refractivity contribution in [3.8, 4) is 12.3 Å². The maximum Gasteiger partial charge on any atom is 0.255 e. The van der Waals surface area contributed by atoms with Gasteiger partial charge in [0.15, 0.2) is 18.0 Å². The van der Waals surface area contributed by atoms with E-state index in [1.165, 1.54) is 0 Å². The fraction of sp³-hybridized carbons (Fsp3) is 0.500. The van der Waals surface area contributed by atoms with E-state index in [4.69, 9.17) is 27.5 Å². The summed E-state index contributed by atoms with van der Waals surface area (Å²) in [5.74, 6) is 0.593. The highest BCUT2D eigenvalue weighted by Crippen LogP contribution is 2.36. The summed E-state index contributed by atoms with van der Waals surface area (Å²) in [4.78, 5) is 27.4. The van der Waals surface area contributed by atoms with E-state index < -0.39 is 23.9 Å². The molecule has 3 rings (SSSR count). The molecule has 2 heterocycles. The first kappa shape index (κ1) is 19.7. The summed E-state index contributed by atoms with van der Waals surface area (Å²) in [6.45, 7) is 4.02. The van der Waals surface area contributed by atoms with Crippen LogP contribution in [0.1, 0.15) is 38.3 Å². The van der Waals surface area contributed by atoms with Gasteiger partial charge in [0, 0.05) is 11.6 Å². The molecule has 0 aliphatic carbocycles. The topological polar surface area (TPSA) is 67.9 Å². The molecule has 0 aromatic heterocycles. The number of hydrogen-bond donors (Lipinski definition) is 1. The Morgan fingerprint density at radius 3 is 2.81 bits per heavy atom. The molecular formula is C20H23ClN2O4. The first-order valence-electron chi connectivity index (χ1n) is 8.95. The molecule has 0 bridgehead atoms. The van der Waals surface area contributed by atoms with Gasteiger partial charge in [-0.2, -0.15) is 0 Å². The van der Waals surface area contributed by atoms with Gasteiger partial charge in [-0.05, 0) is 44.4 Å². The van der Waals surface area contributed by atoms with Crippen LogP contribution in [0.25, 0.3) is 0 Å². The number of amides is 2. The molecule has 3 atom stereocenters. The highest BCUT2D eigenvalue weighted by Gasteiger charge is 2.51. The lowest BCUT2D eigenvalue weighted by molar-refractivity contribution is -0.163. The zero-order valence-electron chi connectivity index (χ0n) is 15.4. The molecule has 144 valence electrons. The fourth-order valence-electron chi connectivity index (χ4n) is 3.63. The van der Waals surface area contributed by atoms with Crippen LogP contribution in [0.5, 0.6) is 0 Å². The molecule has 1 aromatic rings. The standard InChI is InChI=1S/C20H23ClN2O4/c1-4-10-22-18(24)16-17(27-20(2,3)26-16)19(25)23-11-6-9-15(23)13-7-5-8-14(21)12-13/h1,5,7-8,12,15-17H,6,9-11H2,2-3H3,(H,22,24)/t15?,16-,17-/m1/s1. The Morgan fingerprint density at radius 2 is 2.11 bits per heavy atom. The molecule has 2 aliphatic rings. The normalized spacial score (nSPS) is 26.6. The number of terminal acetylenes is 1. The fourth-order valence-corrected chi connectivity index (χ4v) is 3.83. The van der Waals surface area contributed by atoms with Crippen LogP contribution in [0.15, 0.2) is 24.3 Å². The number of carbonyl (C=O) groups excluding carboxylic acids is 2. The number of rotatable bonds is 4. The Labute approximate surface area is 164 Å². The summed E-state index contributed by atoms with van der Waals surface area (Å²) in [6.07, 6.45) is 4.84. The summed E-state index contributed by atoms with van der Waals surface area (Å²) in [7, 11) is 0. The Morgan fingerprint density at radius 1 is 1.37 bits per heavy atom. The van der Waals surface area contributed by atoms with E-state index in [2.05, 4.69) is 11.2 Å². The van der Waals surface area contributed by atoms with Crippen LogP contribution < -0.4 is 5.32 Å². The molecule has 1 N–H and O–H groups in total. The van der Waals surface area contributed by atoms with Gasteiger partial charge in [0.1, 0.15) is 0 Å². The van der Waals surface area contributed by atoms with Gasteiger partial charge in [-0.25, -0.2) is 0 Å². The SMILES string of the molecule is C#CCNC(=O)[C@@H]1OC(C)(C)O[C@H]1C(=O)N1CCCC1c1cccc(Cl)c1. The van der Waals surface area contributed by atoms with Crippen molar-refractivity contribution in [2.75, 3.05) is 13.1 Å². The number of likely N-dealkylation sites (tertiary alicyclic amines) is 1. The molecule has 6 nitrogen and oxygen atoms in total. The third kappa shape index (κ3) is 4.27. The van der Waals surface area contributed by atoms with Gasteiger partial charge in [0.2, 0.25) is 0 Å². The lowest BCUT2D eigenvalue weighted by atomic mass is 10.0. The summed E-state index contributed by atoms with van der Waals surface area (Å²) in [5, 5.41) is 3.19. The molecule has 2 saturated heterocycles. The Kier molecular flexibility index (Phi) is 5.75. The second-order valence-electron chi connectivity index (χ2n) is 7.14. The Hall–Kier alpha value is -2.07. The Balaban J connectivity index is 1.81. The molecule has 0 saturated carbocycles. The van der Waals surface area contributed by atoms with Crippen LogP contribution in [0.2, 0.25) is 5.02 Å². The molecule has 2 fully saturated rings. The zero-order chi connectivity index (χ0) is 19.6. The third-order valence-electron chi connectivity index (χ3n) is 4.73. The molecule has 1 unspecified atom stereocenters. The second kappa shape index (κ2) is 7.89. The van der Waals surface area contributed by atoms with Crippen molar-refractivity contribution in [1.82, 2.24) is 10.2 Å². The predicted octanol–water partition coefficient (Wildman–Crippen LogP) is 2.27. The number of benzene rings is 1. The minimum Gasteiger partial charge on any atom is -0.343 e. The maximum absolute atomic E-state index is 13.3. The van der Waals surface area contributed by atoms with Crippen molar-refractivity contribution in [3.63, 3.8) is 0 Å². The van der Waals surface area contributed by atoms with Gasteiger partial charge in [-0.3, -0.25) is 9.59 Å². The monoisotopic (exact) mass is 390 g/mol. The van der Waals surface area contributed by atoms with Crippen LogP contribution >= 0.6 is 11.6 Å². The molecule has 1 aromatic carbocycles. The number of halogens is 1. The van der Waals surface area contributed by atoms with Gasteiger partial charge in [0.25, 0.3) is 11.8 Å². The second-order valence-corrected chi connectivity index (χ2v) is 7.58. The van der Waals surface area contributed by atoms with Gasteiger partial charge in [0.05, 0.1) is 12.6 Å². The lowest BCUT2D eigenvalue weighted by Gasteiger charge is -2.28. The molecule has 0 radical (unpaired) electrons. The number of hydrogen-bond acceptors (Lipinski definition) is 4. The minimum absolute atomic E-state index is 0.0644. The summed E-state index contributed by atoms with van der Waals surface area (Å²) >= 11 is 6.11. The van der Waals surface area contributed by atoms with E-state index in [-0.39, 0.29) is 18.5 Å². The predicted molar refractivity (Wildman–Crippen MR) is 101 cm³/mol. The van der Waals surface area contributed by atoms with Gasteiger partial charge in [-0.1, -0.05) is 29.7 Å². The number of nitrogens with one attached hydrogen (secondary N) is 1.